The summed E-state index contributed by atoms with van der Waals surface area (Å²) in [5, 5.41) is 11.3. The molecule has 0 aliphatic heterocycles. The molecule has 0 aromatic carbocycles. The van der Waals surface area contributed by atoms with Gasteiger partial charge in [0.1, 0.15) is 0 Å². The SMILES string of the molecule is N=C(N)Cc1cccn2nccc12. The van der Waals surface area contributed by atoms with Crippen molar-refractivity contribution in [3.8, 4) is 0 Å². The van der Waals surface area contributed by atoms with Gasteiger partial charge in [0.05, 0.1) is 11.4 Å². The fourth-order valence-corrected chi connectivity index (χ4v) is 1.37. The van der Waals surface area contributed by atoms with E-state index in [4.69, 9.17) is 11.1 Å². The van der Waals surface area contributed by atoms with Crippen LogP contribution in [0.25, 0.3) is 5.52 Å². The third-order valence-electron chi connectivity index (χ3n) is 1.90. The minimum atomic E-state index is 0.175. The lowest BCUT2D eigenvalue weighted by Gasteiger charge is -2.01. The highest BCUT2D eigenvalue weighted by Crippen LogP contribution is 2.09. The molecule has 3 N–H and O–H groups in total. The van der Waals surface area contributed by atoms with Gasteiger partial charge in [0, 0.05) is 18.8 Å². The molecule has 0 saturated heterocycles. The molecule has 0 bridgehead atoms. The molecule has 0 radical (unpaired) electrons. The molecule has 0 aliphatic carbocycles. The molecule has 0 unspecified atom stereocenters. The summed E-state index contributed by atoms with van der Waals surface area (Å²) in [4.78, 5) is 0. The summed E-state index contributed by atoms with van der Waals surface area (Å²) in [6, 6.07) is 5.77. The summed E-state index contributed by atoms with van der Waals surface area (Å²) in [6.45, 7) is 0. The maximum Gasteiger partial charge on any atom is 0.0950 e. The summed E-state index contributed by atoms with van der Waals surface area (Å²) in [7, 11) is 0. The molecule has 66 valence electrons. The molecule has 0 spiro atoms. The predicted molar refractivity (Wildman–Crippen MR) is 50.8 cm³/mol. The number of fused-ring (bicyclic) bond motifs is 1. The molecule has 0 amide bonds. The van der Waals surface area contributed by atoms with E-state index in [1.807, 2.05) is 24.4 Å². The van der Waals surface area contributed by atoms with Crippen LogP contribution in [0.5, 0.6) is 0 Å². The first-order valence-corrected chi connectivity index (χ1v) is 4.01. The lowest BCUT2D eigenvalue weighted by atomic mass is 10.1. The minimum Gasteiger partial charge on any atom is -0.387 e. The van der Waals surface area contributed by atoms with Crippen LogP contribution in [0.15, 0.2) is 30.6 Å². The van der Waals surface area contributed by atoms with E-state index in [1.165, 1.54) is 0 Å². The molecule has 0 fully saturated rings. The smallest absolute Gasteiger partial charge is 0.0950 e. The monoisotopic (exact) mass is 174 g/mol. The number of nitrogens with zero attached hydrogens (tertiary/aromatic N) is 2. The third kappa shape index (κ3) is 1.38. The number of rotatable bonds is 2. The van der Waals surface area contributed by atoms with Crippen LogP contribution in [-0.2, 0) is 6.42 Å². The van der Waals surface area contributed by atoms with E-state index in [0.29, 0.717) is 6.42 Å². The van der Waals surface area contributed by atoms with Gasteiger partial charge in [-0.2, -0.15) is 5.10 Å². The second kappa shape index (κ2) is 2.90. The van der Waals surface area contributed by atoms with Crippen molar-refractivity contribution in [2.24, 2.45) is 5.73 Å². The molecule has 13 heavy (non-hydrogen) atoms. The predicted octanol–water partition coefficient (Wildman–Crippen LogP) is 0.813. The Labute approximate surface area is 75.5 Å². The van der Waals surface area contributed by atoms with Crippen LogP contribution >= 0.6 is 0 Å². The van der Waals surface area contributed by atoms with Crippen LogP contribution in [0.4, 0.5) is 0 Å². The van der Waals surface area contributed by atoms with E-state index in [9.17, 15) is 0 Å². The maximum atomic E-state index is 7.21. The zero-order valence-electron chi connectivity index (χ0n) is 7.07. The Morgan fingerprint density at radius 2 is 2.38 bits per heavy atom. The second-order valence-electron chi connectivity index (χ2n) is 2.90. The first kappa shape index (κ1) is 7.79. The van der Waals surface area contributed by atoms with Crippen LogP contribution in [0.1, 0.15) is 5.56 Å². The number of hydrogen-bond donors (Lipinski definition) is 2. The molecule has 2 aromatic rings. The Kier molecular flexibility index (Phi) is 1.73. The van der Waals surface area contributed by atoms with Crippen LogP contribution < -0.4 is 5.73 Å². The van der Waals surface area contributed by atoms with Crippen molar-refractivity contribution in [1.82, 2.24) is 9.61 Å². The summed E-state index contributed by atoms with van der Waals surface area (Å²) in [6.07, 6.45) is 4.09. The van der Waals surface area contributed by atoms with Gasteiger partial charge in [-0.15, -0.1) is 0 Å². The Bertz CT molecular complexity index is 444. The van der Waals surface area contributed by atoms with Crippen LogP contribution in [0, 0.1) is 5.41 Å². The van der Waals surface area contributed by atoms with Crippen molar-refractivity contribution in [1.29, 1.82) is 5.41 Å². The van der Waals surface area contributed by atoms with E-state index in [0.717, 1.165) is 11.1 Å². The number of nitrogens with two attached hydrogens (primary N) is 1. The zero-order chi connectivity index (χ0) is 9.26. The topological polar surface area (TPSA) is 67.2 Å². The second-order valence-corrected chi connectivity index (χ2v) is 2.90. The van der Waals surface area contributed by atoms with E-state index in [-0.39, 0.29) is 5.84 Å². The van der Waals surface area contributed by atoms with Gasteiger partial charge < -0.3 is 5.73 Å². The number of hydrogen-bond acceptors (Lipinski definition) is 2. The lowest BCUT2D eigenvalue weighted by molar-refractivity contribution is 0.953. The van der Waals surface area contributed by atoms with Crippen molar-refractivity contribution in [2.75, 3.05) is 0 Å². The quantitative estimate of drug-likeness (QED) is 0.522. The average Bonchev–Trinajstić information content (AvgIpc) is 2.51. The van der Waals surface area contributed by atoms with E-state index in [1.54, 1.807) is 10.7 Å². The van der Waals surface area contributed by atoms with Crippen LogP contribution in [0.3, 0.4) is 0 Å². The highest BCUT2D eigenvalue weighted by atomic mass is 15.2. The molecule has 2 aromatic heterocycles. The molecule has 0 saturated carbocycles. The van der Waals surface area contributed by atoms with E-state index in [2.05, 4.69) is 5.10 Å². The molecular formula is C9H10N4. The summed E-state index contributed by atoms with van der Waals surface area (Å²) in [5.41, 5.74) is 7.38. The number of aromatic nitrogens is 2. The van der Waals surface area contributed by atoms with E-state index >= 15 is 0 Å². The molecular weight excluding hydrogens is 164 g/mol. The van der Waals surface area contributed by atoms with Gasteiger partial charge in [0.15, 0.2) is 0 Å². The first-order chi connectivity index (χ1) is 6.27. The fraction of sp³-hybridized carbons (Fsp3) is 0.111. The molecule has 4 nitrogen and oxygen atoms in total. The van der Waals surface area contributed by atoms with Crippen molar-refractivity contribution >= 4 is 11.4 Å². The maximum absolute atomic E-state index is 7.21. The normalized spacial score (nSPS) is 10.5. The summed E-state index contributed by atoms with van der Waals surface area (Å²) >= 11 is 0. The first-order valence-electron chi connectivity index (χ1n) is 4.01. The van der Waals surface area contributed by atoms with Gasteiger partial charge in [0.2, 0.25) is 0 Å². The third-order valence-corrected chi connectivity index (χ3v) is 1.90. The van der Waals surface area contributed by atoms with Gasteiger partial charge in [-0.05, 0) is 17.7 Å². The Morgan fingerprint density at radius 1 is 1.54 bits per heavy atom. The molecule has 0 aliphatic rings. The molecule has 2 rings (SSSR count). The number of pyridine rings is 1. The largest absolute Gasteiger partial charge is 0.387 e. The minimum absolute atomic E-state index is 0.175. The Balaban J connectivity index is 2.54. The van der Waals surface area contributed by atoms with Gasteiger partial charge in [-0.3, -0.25) is 5.41 Å². The van der Waals surface area contributed by atoms with Crippen LogP contribution in [0.2, 0.25) is 0 Å². The highest BCUT2D eigenvalue weighted by molar-refractivity contribution is 5.81. The van der Waals surface area contributed by atoms with Gasteiger partial charge in [-0.1, -0.05) is 6.07 Å². The number of amidine groups is 1. The zero-order valence-corrected chi connectivity index (χ0v) is 7.07. The number of nitrogens with one attached hydrogen (secondary N) is 1. The van der Waals surface area contributed by atoms with Gasteiger partial charge in [0.25, 0.3) is 0 Å². The lowest BCUT2D eigenvalue weighted by Crippen LogP contribution is -2.13. The van der Waals surface area contributed by atoms with Crippen molar-refractivity contribution in [2.45, 2.75) is 6.42 Å². The Morgan fingerprint density at radius 3 is 3.15 bits per heavy atom. The summed E-state index contributed by atoms with van der Waals surface area (Å²) in [5.74, 6) is 0.175. The highest BCUT2D eigenvalue weighted by Gasteiger charge is 2.01. The fourth-order valence-electron chi connectivity index (χ4n) is 1.37. The summed E-state index contributed by atoms with van der Waals surface area (Å²) < 4.78 is 1.78. The molecule has 4 heteroatoms. The molecule has 2 heterocycles. The van der Waals surface area contributed by atoms with Crippen molar-refractivity contribution < 1.29 is 0 Å². The van der Waals surface area contributed by atoms with Crippen molar-refractivity contribution in [3.63, 3.8) is 0 Å². The van der Waals surface area contributed by atoms with E-state index < -0.39 is 0 Å². The van der Waals surface area contributed by atoms with Gasteiger partial charge in [-0.25, -0.2) is 4.52 Å². The molecule has 0 atom stereocenters. The Hall–Kier alpha value is -1.84. The van der Waals surface area contributed by atoms with Gasteiger partial charge >= 0.3 is 0 Å². The standard InChI is InChI=1S/C9H10N4/c10-9(11)6-7-2-1-5-13-8(7)3-4-12-13/h1-5H,6H2,(H3,10,11). The van der Waals surface area contributed by atoms with Crippen LogP contribution in [-0.4, -0.2) is 15.4 Å². The van der Waals surface area contributed by atoms with Crippen molar-refractivity contribution in [3.05, 3.63) is 36.2 Å². The average molecular weight is 174 g/mol.